The van der Waals surface area contributed by atoms with Gasteiger partial charge in [0.2, 0.25) is 5.52 Å². The van der Waals surface area contributed by atoms with Crippen molar-refractivity contribution < 1.29 is 119 Å². The molecule has 28 heteroatoms. The first kappa shape index (κ1) is 76.6. The van der Waals surface area contributed by atoms with Gasteiger partial charge in [-0.2, -0.15) is 132 Å². The lowest BCUT2D eigenvalue weighted by molar-refractivity contribution is -0.662. The number of carbonyl (C=O) groups is 1. The number of rotatable bonds is 24. The summed E-state index contributed by atoms with van der Waals surface area (Å²) in [5.74, 6) is -0.213. The van der Waals surface area contributed by atoms with Crippen molar-refractivity contribution in [2.24, 2.45) is 0 Å². The van der Waals surface area contributed by atoms with Crippen molar-refractivity contribution in [1.29, 1.82) is 0 Å². The van der Waals surface area contributed by atoms with Crippen molar-refractivity contribution in [3.63, 3.8) is 0 Å². The average Bonchev–Trinajstić information content (AvgIpc) is 0.709. The summed E-state index contributed by atoms with van der Waals surface area (Å²) in [6.07, 6.45) is -31.2. The number of pyridine rings is 1. The van der Waals surface area contributed by atoms with Gasteiger partial charge in [-0.1, -0.05) is 176 Å². The second-order valence-electron chi connectivity index (χ2n) is 23.1. The van der Waals surface area contributed by atoms with E-state index >= 15 is 0 Å². The van der Waals surface area contributed by atoms with E-state index in [2.05, 4.69) is 54.1 Å². The third-order valence-electron chi connectivity index (χ3n) is 16.0. The number of halogens is 24. The molecule has 0 unspecified atom stereocenters. The Labute approximate surface area is 530 Å². The smallest absolute Gasteiger partial charge is 0.416 e. The number of ether oxygens (including phenoxy) is 1. The van der Waals surface area contributed by atoms with Crippen molar-refractivity contribution in [2.75, 3.05) is 6.61 Å². The van der Waals surface area contributed by atoms with Gasteiger partial charge in [0, 0.05) is 23.1 Å². The monoisotopic (exact) mass is 1380 g/mol. The highest BCUT2D eigenvalue weighted by Gasteiger charge is 2.47. The van der Waals surface area contributed by atoms with Crippen LogP contribution in [0.25, 0.3) is 10.9 Å². The minimum Gasteiger partial charge on any atom is -0.462 e. The summed E-state index contributed by atoms with van der Waals surface area (Å²) in [5.41, 5.74) is -27.2. The average molecular weight is 1380 g/mol. The van der Waals surface area contributed by atoms with E-state index in [0.29, 0.717) is 12.2 Å². The Morgan fingerprint density at radius 3 is 0.916 bits per heavy atom. The third-order valence-corrected chi connectivity index (χ3v) is 16.0. The fourth-order valence-corrected chi connectivity index (χ4v) is 11.3. The van der Waals surface area contributed by atoms with E-state index in [9.17, 15) is 110 Å². The summed E-state index contributed by atoms with van der Waals surface area (Å²) in [4.78, 5) is 12.4. The molecule has 0 aliphatic heterocycles. The number of unbranched alkanes of at least 4 members (excludes halogenated alkanes) is 15. The third kappa shape index (κ3) is 21.3. The Morgan fingerprint density at radius 2 is 0.621 bits per heavy atom. The second kappa shape index (κ2) is 31.2. The lowest BCUT2D eigenvalue weighted by atomic mass is 9.12. The highest BCUT2D eigenvalue weighted by Crippen LogP contribution is 2.42. The quantitative estimate of drug-likeness (QED) is 0.0198. The van der Waals surface area contributed by atoms with Gasteiger partial charge in [0.1, 0.15) is 6.15 Å². The van der Waals surface area contributed by atoms with Gasteiger partial charge in [0.15, 0.2) is 12.7 Å². The minimum absolute atomic E-state index is 0.213. The van der Waals surface area contributed by atoms with Crippen LogP contribution >= 0.6 is 0 Å². The van der Waals surface area contributed by atoms with Gasteiger partial charge < -0.3 is 4.74 Å². The first-order valence-electron chi connectivity index (χ1n) is 30.0. The molecule has 0 atom stereocenters. The van der Waals surface area contributed by atoms with Gasteiger partial charge in [-0.05, 0) is 55.0 Å². The summed E-state index contributed by atoms with van der Waals surface area (Å²) < 4.78 is 349. The Balaban J connectivity index is 0.000000326. The number of benzene rings is 6. The molecule has 0 radical (unpaired) electrons. The Hall–Kier alpha value is -7.42. The molecule has 0 fully saturated rings. The molecule has 1 aromatic heterocycles. The molecule has 0 aliphatic carbocycles. The van der Waals surface area contributed by atoms with E-state index in [1.165, 1.54) is 106 Å². The van der Waals surface area contributed by atoms with Crippen LogP contribution < -0.4 is 26.4 Å². The van der Waals surface area contributed by atoms with E-state index in [1.54, 1.807) is 0 Å². The van der Waals surface area contributed by atoms with E-state index < -0.39 is 195 Å². The topological polar surface area (TPSA) is 30.2 Å². The molecule has 0 saturated heterocycles. The summed E-state index contributed by atoms with van der Waals surface area (Å²) in [6, 6.07) is 11.6. The molecule has 7 aromatic rings. The first-order chi connectivity index (χ1) is 44.0. The highest BCUT2D eigenvalue weighted by atomic mass is 19.4. The van der Waals surface area contributed by atoms with E-state index in [-0.39, 0.29) is 5.97 Å². The maximum atomic E-state index is 14.2. The van der Waals surface area contributed by atoms with Crippen LogP contribution in [0, 0.1) is 0 Å². The van der Waals surface area contributed by atoms with Crippen molar-refractivity contribution in [3.8, 4) is 0 Å². The molecule has 0 amide bonds. The van der Waals surface area contributed by atoms with Crippen LogP contribution in [-0.2, 0) is 60.7 Å². The summed E-state index contributed by atoms with van der Waals surface area (Å²) >= 11 is 0. The summed E-state index contributed by atoms with van der Waals surface area (Å²) in [5, 5.41) is 1.23. The maximum absolute atomic E-state index is 14.2. The summed E-state index contributed by atoms with van der Waals surface area (Å²) in [7, 11) is 0. The van der Waals surface area contributed by atoms with E-state index in [1.807, 2.05) is 24.3 Å². The minimum atomic E-state index is -6.13. The molecule has 0 spiro atoms. The van der Waals surface area contributed by atoms with E-state index in [0.717, 1.165) is 19.4 Å². The predicted octanol–water partition coefficient (Wildman–Crippen LogP) is 20.8. The zero-order chi connectivity index (χ0) is 70.6. The fourth-order valence-electron chi connectivity index (χ4n) is 11.3. The van der Waals surface area contributed by atoms with Crippen LogP contribution in [0.5, 0.6) is 0 Å². The predicted molar refractivity (Wildman–Crippen MR) is 310 cm³/mol. The SMILES string of the molecule is CCCCCCCCCCCCCCCCCCOC(=O)c1ccc(C[n+]2cccc3ccccc32)cc1.FC(F)(F)c1cc([B-](c2cc(C(F)(F)F)cc(C(F)(F)F)c2)(c2cc(C(F)(F)F)cc(C(F)(F)F)c2)c2cc(C(F)(F)F)cc(C(F)(F)F)c2)cc(C(F)(F)F)c1. The summed E-state index contributed by atoms with van der Waals surface area (Å²) in [6.45, 7) is 3.58. The van der Waals surface area contributed by atoms with Crippen LogP contribution in [0.3, 0.4) is 0 Å². The molecular formula is C67H62BF24NO2. The molecule has 0 bridgehead atoms. The van der Waals surface area contributed by atoms with Crippen LogP contribution in [0.15, 0.2) is 140 Å². The molecule has 7 rings (SSSR count). The molecule has 0 aliphatic rings. The Kier molecular flexibility index (Phi) is 25.2. The fraction of sp³-hybridized carbons (Fsp3) is 0.403. The van der Waals surface area contributed by atoms with Gasteiger partial charge in [-0.3, -0.25) is 0 Å². The Morgan fingerprint density at radius 1 is 0.347 bits per heavy atom. The molecular weight excluding hydrogens is 1320 g/mol. The van der Waals surface area contributed by atoms with Crippen molar-refractivity contribution >= 4 is 44.9 Å². The van der Waals surface area contributed by atoms with Gasteiger partial charge in [-0.15, -0.1) is 0 Å². The number of aromatic nitrogens is 1. The first-order valence-corrected chi connectivity index (χ1v) is 30.0. The number of hydrogen-bond acceptors (Lipinski definition) is 2. The number of para-hydroxylation sites is 1. The van der Waals surface area contributed by atoms with Crippen molar-refractivity contribution in [1.82, 2.24) is 0 Å². The number of fused-ring (bicyclic) bond motifs is 1. The number of carbonyl (C=O) groups excluding carboxylic acids is 1. The lowest BCUT2D eigenvalue weighted by Gasteiger charge is -2.46. The van der Waals surface area contributed by atoms with Crippen LogP contribution in [0.4, 0.5) is 105 Å². The number of hydrogen-bond donors (Lipinski definition) is 0. The highest BCUT2D eigenvalue weighted by molar-refractivity contribution is 7.20. The molecule has 518 valence electrons. The van der Waals surface area contributed by atoms with Crippen LogP contribution in [-0.4, -0.2) is 18.7 Å². The van der Waals surface area contributed by atoms with Gasteiger partial charge >= 0.3 is 55.4 Å². The van der Waals surface area contributed by atoms with Crippen LogP contribution in [0.1, 0.15) is 170 Å². The molecule has 95 heavy (non-hydrogen) atoms. The van der Waals surface area contributed by atoms with Gasteiger partial charge in [0.25, 0.3) is 0 Å². The molecule has 3 nitrogen and oxygen atoms in total. The Bertz CT molecular complexity index is 3210. The standard InChI is InChI=1S/C35H50NO2.C32H12BF24/c1-2-3-4-5-6-7-8-9-10-11-12-13-14-15-16-19-29-38-35(37)33-26-24-31(25-27-33)30-36-28-20-22-32-21-17-18-23-34(32)36;34-25(35,36)13-1-14(26(37,38)39)6-21(5-13)33(22-7-15(27(40,41)42)2-16(8-22)28(43,44)45,23-9-17(29(46,47)48)3-18(10-23)30(49,50)51)24-11-19(31(52,53)54)4-20(12-24)32(55,56)57/h17-18,20-28H,2-16,19,29-30H2,1H3;1-12H/q+1;-1. The zero-order valence-corrected chi connectivity index (χ0v) is 50.4. The molecule has 1 heterocycles. The molecule has 6 aromatic carbocycles. The largest absolute Gasteiger partial charge is 0.462 e. The molecule has 0 saturated carbocycles. The van der Waals surface area contributed by atoms with Crippen LogP contribution in [0.2, 0.25) is 0 Å². The van der Waals surface area contributed by atoms with E-state index in [4.69, 9.17) is 4.74 Å². The maximum Gasteiger partial charge on any atom is 0.416 e. The second-order valence-corrected chi connectivity index (χ2v) is 23.1. The number of esters is 1. The number of nitrogens with zero attached hydrogens (tertiary/aromatic N) is 1. The molecule has 0 N–H and O–H groups in total. The lowest BCUT2D eigenvalue weighted by Crippen LogP contribution is -2.75. The number of alkyl halides is 24. The van der Waals surface area contributed by atoms with Gasteiger partial charge in [-0.25, -0.2) is 4.79 Å². The normalized spacial score (nSPS) is 13.1. The van der Waals surface area contributed by atoms with Crippen molar-refractivity contribution in [3.05, 3.63) is 195 Å². The zero-order valence-electron chi connectivity index (χ0n) is 50.4. The van der Waals surface area contributed by atoms with Crippen molar-refractivity contribution in [2.45, 2.75) is 166 Å². The van der Waals surface area contributed by atoms with Gasteiger partial charge in [0.05, 0.1) is 56.7 Å².